The van der Waals surface area contributed by atoms with Crippen molar-refractivity contribution in [1.82, 2.24) is 0 Å². The summed E-state index contributed by atoms with van der Waals surface area (Å²) in [6.45, 7) is 1.30. The van der Waals surface area contributed by atoms with Crippen LogP contribution in [-0.2, 0) is 6.18 Å². The van der Waals surface area contributed by atoms with Gasteiger partial charge < -0.3 is 0 Å². The Morgan fingerprint density at radius 3 is 2.15 bits per heavy atom. The molecule has 0 aliphatic heterocycles. The minimum Gasteiger partial charge on any atom is -0.293 e. The van der Waals surface area contributed by atoms with Gasteiger partial charge in [0.25, 0.3) is 0 Å². The van der Waals surface area contributed by atoms with Crippen LogP contribution < -0.4 is 0 Å². The van der Waals surface area contributed by atoms with Crippen molar-refractivity contribution in [2.45, 2.75) is 28.3 Å². The maximum absolute atomic E-state index is 13.0. The van der Waals surface area contributed by atoms with Crippen molar-refractivity contribution in [1.29, 1.82) is 0 Å². The molecule has 0 amide bonds. The minimum atomic E-state index is -5.05. The van der Waals surface area contributed by atoms with Crippen LogP contribution in [0.4, 0.5) is 26.3 Å². The van der Waals surface area contributed by atoms with Crippen LogP contribution in [0.1, 0.15) is 22.8 Å². The van der Waals surface area contributed by atoms with Crippen molar-refractivity contribution in [3.05, 3.63) is 29.3 Å². The summed E-state index contributed by atoms with van der Waals surface area (Å²) in [6, 6.07) is 2.55. The lowest BCUT2D eigenvalue weighted by atomic mass is 10.0. The van der Waals surface area contributed by atoms with E-state index in [9.17, 15) is 31.1 Å². The Hall–Kier alpha value is -0.700. The molecule has 0 bridgehead atoms. The van der Waals surface area contributed by atoms with E-state index in [0.717, 1.165) is 12.1 Å². The summed E-state index contributed by atoms with van der Waals surface area (Å²) in [5, 5.41) is 0. The van der Waals surface area contributed by atoms with E-state index in [4.69, 9.17) is 0 Å². The van der Waals surface area contributed by atoms with Crippen LogP contribution in [-0.4, -0.2) is 16.1 Å². The molecule has 1 atom stereocenters. The van der Waals surface area contributed by atoms with Gasteiger partial charge in [-0.2, -0.15) is 26.3 Å². The molecule has 1 nitrogen and oxygen atoms in total. The number of benzene rings is 1. The summed E-state index contributed by atoms with van der Waals surface area (Å²) < 4.78 is 75.8. The first-order chi connectivity index (χ1) is 8.93. The second-order valence-electron chi connectivity index (χ2n) is 3.70. The Morgan fingerprint density at radius 1 is 1.20 bits per heavy atom. The second-order valence-corrected chi connectivity index (χ2v) is 6.18. The molecule has 0 heterocycles. The first-order valence-electron chi connectivity index (χ1n) is 5.07. The number of alkyl halides is 7. The Kier molecular flexibility index (Phi) is 5.18. The molecule has 1 unspecified atom stereocenters. The van der Waals surface area contributed by atoms with Crippen LogP contribution >= 0.6 is 27.7 Å². The van der Waals surface area contributed by atoms with E-state index in [2.05, 4.69) is 15.9 Å². The standard InChI is InChI=1S/C11H7BrF6OS/c1-5(12)9(19)6-3-2-4-7(20-11(16,17)18)8(6)10(13,14)15/h2-5H,1H3. The molecule has 0 aliphatic rings. The third-order valence-corrected chi connectivity index (χ3v) is 3.37. The molecule has 1 aromatic rings. The lowest BCUT2D eigenvalue weighted by molar-refractivity contribution is -0.140. The summed E-state index contributed by atoms with van der Waals surface area (Å²) in [7, 11) is 0. The van der Waals surface area contributed by atoms with Gasteiger partial charge in [0.2, 0.25) is 0 Å². The van der Waals surface area contributed by atoms with Gasteiger partial charge in [0.15, 0.2) is 5.78 Å². The molecule has 0 aliphatic carbocycles. The Labute approximate surface area is 122 Å². The number of ketones is 1. The Balaban J connectivity index is 3.47. The van der Waals surface area contributed by atoms with Crippen molar-refractivity contribution in [2.75, 3.05) is 0 Å². The van der Waals surface area contributed by atoms with Crippen LogP contribution in [0, 0.1) is 0 Å². The molecule has 0 fully saturated rings. The first kappa shape index (κ1) is 17.4. The summed E-state index contributed by atoms with van der Waals surface area (Å²) in [5.74, 6) is -0.929. The van der Waals surface area contributed by atoms with Gasteiger partial charge in [0, 0.05) is 10.5 Å². The minimum absolute atomic E-state index is 0.691. The third-order valence-electron chi connectivity index (χ3n) is 2.16. The van der Waals surface area contributed by atoms with E-state index in [-0.39, 0.29) is 0 Å². The number of hydrogen-bond donors (Lipinski definition) is 0. The molecule has 0 N–H and O–H groups in total. The molecule has 0 saturated heterocycles. The topological polar surface area (TPSA) is 17.1 Å². The van der Waals surface area contributed by atoms with Gasteiger partial charge in [-0.3, -0.25) is 4.79 Å². The zero-order valence-electron chi connectivity index (χ0n) is 9.77. The smallest absolute Gasteiger partial charge is 0.293 e. The van der Waals surface area contributed by atoms with E-state index in [1.807, 2.05) is 0 Å². The number of rotatable bonds is 3. The third kappa shape index (κ3) is 4.41. The van der Waals surface area contributed by atoms with E-state index >= 15 is 0 Å². The van der Waals surface area contributed by atoms with E-state index in [1.165, 1.54) is 6.92 Å². The highest BCUT2D eigenvalue weighted by Crippen LogP contribution is 2.45. The van der Waals surface area contributed by atoms with E-state index < -0.39 is 50.1 Å². The highest BCUT2D eigenvalue weighted by molar-refractivity contribution is 9.10. The Bertz CT molecular complexity index is 509. The highest BCUT2D eigenvalue weighted by atomic mass is 79.9. The van der Waals surface area contributed by atoms with Crippen LogP contribution in [0.5, 0.6) is 0 Å². The zero-order valence-corrected chi connectivity index (χ0v) is 12.2. The predicted molar refractivity (Wildman–Crippen MR) is 66.1 cm³/mol. The molecule has 0 saturated carbocycles. The number of thioether (sulfide) groups is 1. The fourth-order valence-electron chi connectivity index (χ4n) is 1.45. The lowest BCUT2D eigenvalue weighted by Crippen LogP contribution is -2.19. The molecule has 0 aromatic heterocycles. The number of halogens is 7. The molecule has 0 spiro atoms. The van der Waals surface area contributed by atoms with Gasteiger partial charge in [-0.15, -0.1) is 0 Å². The quantitative estimate of drug-likeness (QED) is 0.307. The van der Waals surface area contributed by atoms with Crippen molar-refractivity contribution >= 4 is 33.5 Å². The van der Waals surface area contributed by atoms with Crippen LogP contribution in [0.25, 0.3) is 0 Å². The average molecular weight is 381 g/mol. The molecule has 0 radical (unpaired) electrons. The lowest BCUT2D eigenvalue weighted by Gasteiger charge is -2.17. The summed E-state index contributed by atoms with van der Waals surface area (Å²) in [5.41, 5.74) is -7.21. The highest BCUT2D eigenvalue weighted by Gasteiger charge is 2.41. The largest absolute Gasteiger partial charge is 0.446 e. The first-order valence-corrected chi connectivity index (χ1v) is 6.81. The van der Waals surface area contributed by atoms with Gasteiger partial charge in [-0.1, -0.05) is 28.1 Å². The van der Waals surface area contributed by atoms with Gasteiger partial charge >= 0.3 is 11.7 Å². The summed E-state index contributed by atoms with van der Waals surface area (Å²) in [6.07, 6.45) is -5.05. The number of carbonyl (C=O) groups is 1. The summed E-state index contributed by atoms with van der Waals surface area (Å²) >= 11 is 1.93. The SMILES string of the molecule is CC(Br)C(=O)c1cccc(SC(F)(F)F)c1C(F)(F)F. The normalized spacial score (nSPS) is 14.2. The molecule has 20 heavy (non-hydrogen) atoms. The van der Waals surface area contributed by atoms with E-state index in [0.29, 0.717) is 6.07 Å². The van der Waals surface area contributed by atoms with Crippen LogP contribution in [0.2, 0.25) is 0 Å². The van der Waals surface area contributed by atoms with Crippen LogP contribution in [0.3, 0.4) is 0 Å². The fourth-order valence-corrected chi connectivity index (χ4v) is 2.42. The zero-order chi connectivity index (χ0) is 15.7. The van der Waals surface area contributed by atoms with Gasteiger partial charge in [0.05, 0.1) is 10.4 Å². The Morgan fingerprint density at radius 2 is 1.75 bits per heavy atom. The second kappa shape index (κ2) is 5.97. The van der Waals surface area contributed by atoms with Gasteiger partial charge in [0.1, 0.15) is 0 Å². The summed E-state index contributed by atoms with van der Waals surface area (Å²) in [4.78, 5) is 9.72. The number of Topliss-reactive ketones (excluding diaryl/α,β-unsaturated/α-hetero) is 1. The number of hydrogen-bond acceptors (Lipinski definition) is 2. The number of carbonyl (C=O) groups excluding carboxylic acids is 1. The molecule has 1 rings (SSSR count). The van der Waals surface area contributed by atoms with E-state index in [1.54, 1.807) is 0 Å². The average Bonchev–Trinajstić information content (AvgIpc) is 2.23. The van der Waals surface area contributed by atoms with Crippen molar-refractivity contribution in [3.8, 4) is 0 Å². The molecular weight excluding hydrogens is 374 g/mol. The maximum atomic E-state index is 13.0. The van der Waals surface area contributed by atoms with Crippen molar-refractivity contribution in [2.24, 2.45) is 0 Å². The molecule has 112 valence electrons. The molecular formula is C11H7BrF6OS. The molecule has 1 aromatic carbocycles. The molecule has 9 heteroatoms. The van der Waals surface area contributed by atoms with Crippen LogP contribution in [0.15, 0.2) is 23.1 Å². The van der Waals surface area contributed by atoms with Crippen molar-refractivity contribution < 1.29 is 31.1 Å². The van der Waals surface area contributed by atoms with Crippen molar-refractivity contribution in [3.63, 3.8) is 0 Å². The van der Waals surface area contributed by atoms with Gasteiger partial charge in [-0.25, -0.2) is 0 Å². The van der Waals surface area contributed by atoms with Gasteiger partial charge in [-0.05, 0) is 24.8 Å². The maximum Gasteiger partial charge on any atom is 0.446 e. The predicted octanol–water partition coefficient (Wildman–Crippen LogP) is 5.28. The monoisotopic (exact) mass is 380 g/mol. The fraction of sp³-hybridized carbons (Fsp3) is 0.364.